The monoisotopic (exact) mass is 569 g/mol. The van der Waals surface area contributed by atoms with E-state index in [9.17, 15) is 19.7 Å². The highest BCUT2D eigenvalue weighted by Gasteiger charge is 2.52. The van der Waals surface area contributed by atoms with Crippen LogP contribution in [0.1, 0.15) is 60.0 Å². The van der Waals surface area contributed by atoms with Crippen molar-refractivity contribution in [2.75, 3.05) is 26.7 Å². The SMILES string of the molecule is COc1ccc(C2(C(=O)NC[C@]34CCC[C@H]3CN(C(=O)c3cc(Br)c(C)c([N+](=O)[O-])c3)C4)CCC2)cc1. The lowest BCUT2D eigenvalue weighted by molar-refractivity contribution is -0.385. The van der Waals surface area contributed by atoms with E-state index in [0.717, 1.165) is 49.8 Å². The van der Waals surface area contributed by atoms with Gasteiger partial charge in [-0.3, -0.25) is 19.7 Å². The van der Waals surface area contributed by atoms with Crippen LogP contribution in [-0.4, -0.2) is 48.4 Å². The van der Waals surface area contributed by atoms with Gasteiger partial charge in [-0.15, -0.1) is 0 Å². The van der Waals surface area contributed by atoms with Gasteiger partial charge in [-0.1, -0.05) is 40.9 Å². The van der Waals surface area contributed by atoms with Crippen LogP contribution in [0.5, 0.6) is 5.75 Å². The number of hydrogen-bond acceptors (Lipinski definition) is 5. The van der Waals surface area contributed by atoms with Crippen LogP contribution in [0.3, 0.4) is 0 Å². The third-order valence-corrected chi connectivity index (χ3v) is 9.80. The molecular formula is C28H32BrN3O5. The van der Waals surface area contributed by atoms with Crippen molar-refractivity contribution < 1.29 is 19.2 Å². The van der Waals surface area contributed by atoms with E-state index >= 15 is 0 Å². The lowest BCUT2D eigenvalue weighted by atomic mass is 9.63. The van der Waals surface area contributed by atoms with E-state index in [4.69, 9.17) is 4.74 Å². The summed E-state index contributed by atoms with van der Waals surface area (Å²) in [6, 6.07) is 10.8. The van der Waals surface area contributed by atoms with Crippen molar-refractivity contribution in [3.63, 3.8) is 0 Å². The number of benzene rings is 2. The summed E-state index contributed by atoms with van der Waals surface area (Å²) in [7, 11) is 1.63. The summed E-state index contributed by atoms with van der Waals surface area (Å²) in [4.78, 5) is 39.8. The van der Waals surface area contributed by atoms with E-state index in [1.54, 1.807) is 20.1 Å². The van der Waals surface area contributed by atoms with Crippen molar-refractivity contribution >= 4 is 33.4 Å². The maximum absolute atomic E-state index is 13.6. The van der Waals surface area contributed by atoms with Gasteiger partial charge >= 0.3 is 0 Å². The fraction of sp³-hybridized carbons (Fsp3) is 0.500. The van der Waals surface area contributed by atoms with Gasteiger partial charge in [0.05, 0.1) is 17.4 Å². The molecule has 1 N–H and O–H groups in total. The molecule has 37 heavy (non-hydrogen) atoms. The summed E-state index contributed by atoms with van der Waals surface area (Å²) in [6.45, 7) is 3.36. The molecule has 2 aromatic carbocycles. The molecule has 1 heterocycles. The van der Waals surface area contributed by atoms with Gasteiger partial charge < -0.3 is 15.0 Å². The minimum absolute atomic E-state index is 0.0619. The molecule has 0 aromatic heterocycles. The Morgan fingerprint density at radius 1 is 1.19 bits per heavy atom. The zero-order valence-electron chi connectivity index (χ0n) is 21.2. The Morgan fingerprint density at radius 3 is 2.54 bits per heavy atom. The van der Waals surface area contributed by atoms with Gasteiger partial charge in [0.1, 0.15) is 5.75 Å². The predicted molar refractivity (Wildman–Crippen MR) is 143 cm³/mol. The summed E-state index contributed by atoms with van der Waals surface area (Å²) in [6.07, 6.45) is 5.72. The lowest BCUT2D eigenvalue weighted by Crippen LogP contribution is -2.52. The molecule has 0 spiro atoms. The Hall–Kier alpha value is -2.94. The Kier molecular flexibility index (Phi) is 6.77. The van der Waals surface area contributed by atoms with E-state index in [1.807, 2.05) is 29.2 Å². The van der Waals surface area contributed by atoms with E-state index < -0.39 is 10.3 Å². The van der Waals surface area contributed by atoms with Crippen LogP contribution in [0.2, 0.25) is 0 Å². The third kappa shape index (κ3) is 4.41. The number of nitrogens with one attached hydrogen (secondary N) is 1. The number of carbonyl (C=O) groups is 2. The molecule has 0 bridgehead atoms. The van der Waals surface area contributed by atoms with Crippen molar-refractivity contribution in [3.05, 3.63) is 67.7 Å². The van der Waals surface area contributed by atoms with Crippen LogP contribution in [0.4, 0.5) is 5.69 Å². The number of methoxy groups -OCH3 is 1. The normalized spacial score (nSPS) is 23.8. The summed E-state index contributed by atoms with van der Waals surface area (Å²) >= 11 is 3.37. The minimum Gasteiger partial charge on any atom is -0.497 e. The number of amides is 2. The molecule has 5 rings (SSSR count). The second-order valence-electron chi connectivity index (χ2n) is 10.8. The smallest absolute Gasteiger partial charge is 0.274 e. The molecule has 2 aliphatic carbocycles. The number of nitrogens with zero attached hydrogens (tertiary/aromatic N) is 2. The lowest BCUT2D eigenvalue weighted by Gasteiger charge is -2.42. The standard InChI is InChI=1S/C28H32BrN3O5/c1-18-23(29)13-19(14-24(18)32(35)36)25(33)31-15-21-5-3-10-27(21,17-31)16-30-26(34)28(11-4-12-28)20-6-8-22(37-2)9-7-20/h6-9,13-14,21H,3-5,10-12,15-17H2,1-2H3,(H,30,34)/t21-,27-/m0/s1. The van der Waals surface area contributed by atoms with Gasteiger partial charge in [0.15, 0.2) is 0 Å². The van der Waals surface area contributed by atoms with E-state index in [1.165, 1.54) is 6.07 Å². The van der Waals surface area contributed by atoms with Crippen LogP contribution < -0.4 is 10.1 Å². The quantitative estimate of drug-likeness (QED) is 0.366. The molecule has 3 fully saturated rings. The number of rotatable bonds is 7. The highest BCUT2D eigenvalue weighted by molar-refractivity contribution is 9.10. The molecule has 196 valence electrons. The van der Waals surface area contributed by atoms with Gasteiger partial charge in [0.2, 0.25) is 5.91 Å². The van der Waals surface area contributed by atoms with Crippen molar-refractivity contribution in [1.82, 2.24) is 10.2 Å². The maximum Gasteiger partial charge on any atom is 0.274 e. The summed E-state index contributed by atoms with van der Waals surface area (Å²) in [5, 5.41) is 14.8. The van der Waals surface area contributed by atoms with Gasteiger partial charge in [-0.2, -0.15) is 0 Å². The minimum atomic E-state index is -0.502. The number of nitro benzene ring substituents is 1. The number of hydrogen-bond donors (Lipinski definition) is 1. The first kappa shape index (κ1) is 25.7. The maximum atomic E-state index is 13.6. The topological polar surface area (TPSA) is 102 Å². The summed E-state index contributed by atoms with van der Waals surface area (Å²) < 4.78 is 5.83. The van der Waals surface area contributed by atoms with E-state index in [0.29, 0.717) is 41.2 Å². The zero-order chi connectivity index (χ0) is 26.4. The molecule has 9 heteroatoms. The van der Waals surface area contributed by atoms with E-state index in [-0.39, 0.29) is 22.9 Å². The number of halogens is 1. The van der Waals surface area contributed by atoms with Gasteiger partial charge in [0.25, 0.3) is 11.6 Å². The first-order valence-electron chi connectivity index (χ1n) is 12.9. The Balaban J connectivity index is 1.31. The third-order valence-electron chi connectivity index (χ3n) is 8.97. The molecule has 1 aliphatic heterocycles. The van der Waals surface area contributed by atoms with Crippen LogP contribution in [0, 0.1) is 28.4 Å². The molecule has 2 atom stereocenters. The second-order valence-corrected chi connectivity index (χ2v) is 11.7. The van der Waals surface area contributed by atoms with Crippen molar-refractivity contribution in [3.8, 4) is 5.75 Å². The molecule has 2 aromatic rings. The van der Waals surface area contributed by atoms with Gasteiger partial charge in [0, 0.05) is 46.7 Å². The first-order chi connectivity index (χ1) is 17.7. The first-order valence-corrected chi connectivity index (χ1v) is 13.6. The molecular weight excluding hydrogens is 538 g/mol. The second kappa shape index (κ2) is 9.74. The predicted octanol–water partition coefficient (Wildman–Crippen LogP) is 5.15. The van der Waals surface area contributed by atoms with Gasteiger partial charge in [-0.05, 0) is 62.3 Å². The van der Waals surface area contributed by atoms with Crippen LogP contribution in [0.25, 0.3) is 0 Å². The Labute approximate surface area is 225 Å². The number of fused-ring (bicyclic) bond motifs is 1. The fourth-order valence-electron chi connectivity index (χ4n) is 6.53. The molecule has 0 radical (unpaired) electrons. The molecule has 2 saturated carbocycles. The molecule has 0 unspecified atom stereocenters. The molecule has 8 nitrogen and oxygen atoms in total. The average Bonchev–Trinajstić information content (AvgIpc) is 3.41. The highest BCUT2D eigenvalue weighted by Crippen LogP contribution is 2.50. The fourth-order valence-corrected chi connectivity index (χ4v) is 6.98. The highest BCUT2D eigenvalue weighted by atomic mass is 79.9. The molecule has 2 amide bonds. The Bertz CT molecular complexity index is 1240. The summed E-state index contributed by atoms with van der Waals surface area (Å²) in [5.41, 5.74) is 1.11. The van der Waals surface area contributed by atoms with Crippen LogP contribution in [0.15, 0.2) is 40.9 Å². The average molecular weight is 570 g/mol. The number of likely N-dealkylation sites (tertiary alicyclic amines) is 1. The van der Waals surface area contributed by atoms with Crippen molar-refractivity contribution in [2.24, 2.45) is 11.3 Å². The van der Waals surface area contributed by atoms with Crippen molar-refractivity contribution in [2.45, 2.75) is 50.9 Å². The van der Waals surface area contributed by atoms with Crippen LogP contribution >= 0.6 is 15.9 Å². The molecule has 1 saturated heterocycles. The van der Waals surface area contributed by atoms with Crippen LogP contribution in [-0.2, 0) is 10.2 Å². The van der Waals surface area contributed by atoms with E-state index in [2.05, 4.69) is 21.2 Å². The van der Waals surface area contributed by atoms with Crippen molar-refractivity contribution in [1.29, 1.82) is 0 Å². The number of carbonyl (C=O) groups excluding carboxylic acids is 2. The Morgan fingerprint density at radius 2 is 1.92 bits per heavy atom. The van der Waals surface area contributed by atoms with Gasteiger partial charge in [-0.25, -0.2) is 0 Å². The summed E-state index contributed by atoms with van der Waals surface area (Å²) in [5.74, 6) is 0.941. The molecule has 3 aliphatic rings. The number of nitro groups is 1. The number of ether oxygens (including phenoxy) is 1. The largest absolute Gasteiger partial charge is 0.497 e. The zero-order valence-corrected chi connectivity index (χ0v) is 22.8.